The summed E-state index contributed by atoms with van der Waals surface area (Å²) in [5.41, 5.74) is 3.63. The van der Waals surface area contributed by atoms with Gasteiger partial charge in [0.05, 0.1) is 10.4 Å². The summed E-state index contributed by atoms with van der Waals surface area (Å²) < 4.78 is 60.4. The maximum Gasteiger partial charge on any atom is 0.416 e. The smallest absolute Gasteiger partial charge is 0.416 e. The van der Waals surface area contributed by atoms with Crippen LogP contribution in [0.1, 0.15) is 65.6 Å². The first kappa shape index (κ1) is 43.5. The van der Waals surface area contributed by atoms with Crippen LogP contribution in [-0.4, -0.2) is 72.4 Å². The molecule has 0 saturated carbocycles. The van der Waals surface area contributed by atoms with E-state index in [9.17, 15) is 27.6 Å². The number of thiophene rings is 1. The summed E-state index contributed by atoms with van der Waals surface area (Å²) in [4.78, 5) is 44.6. The first-order chi connectivity index (χ1) is 32.0. The van der Waals surface area contributed by atoms with E-state index in [1.807, 2.05) is 84.9 Å². The van der Waals surface area contributed by atoms with Gasteiger partial charge in [-0.15, -0.1) is 11.3 Å². The van der Waals surface area contributed by atoms with Crippen LogP contribution in [0.2, 0.25) is 0 Å². The van der Waals surface area contributed by atoms with E-state index in [1.165, 1.54) is 23.5 Å². The average molecular weight is 915 g/mol. The highest BCUT2D eigenvalue weighted by atomic mass is 32.1. The number of fused-ring (bicyclic) bond motifs is 2. The molecule has 0 bridgehead atoms. The summed E-state index contributed by atoms with van der Waals surface area (Å²) >= 11 is 1.45. The molecule has 340 valence electrons. The van der Waals surface area contributed by atoms with Gasteiger partial charge in [-0.05, 0) is 128 Å². The molecule has 5 aromatic carbocycles. The van der Waals surface area contributed by atoms with Crippen LogP contribution in [0.15, 0.2) is 115 Å². The van der Waals surface area contributed by atoms with Gasteiger partial charge in [0.1, 0.15) is 36.0 Å². The van der Waals surface area contributed by atoms with Gasteiger partial charge < -0.3 is 28.9 Å². The normalized spacial score (nSPS) is 18.7. The van der Waals surface area contributed by atoms with Crippen molar-refractivity contribution in [2.75, 3.05) is 37.6 Å². The number of benzene rings is 5. The summed E-state index contributed by atoms with van der Waals surface area (Å²) in [5, 5.41) is 3.20. The van der Waals surface area contributed by atoms with Gasteiger partial charge in [-0.2, -0.15) is 13.2 Å². The monoisotopic (exact) mass is 914 g/mol. The van der Waals surface area contributed by atoms with Gasteiger partial charge in [0.15, 0.2) is 5.75 Å². The Balaban J connectivity index is 0.720. The molecule has 1 aromatic heterocycles. The molecule has 3 saturated heterocycles. The minimum atomic E-state index is -4.44. The Bertz CT molecular complexity index is 2730. The van der Waals surface area contributed by atoms with E-state index in [2.05, 4.69) is 21.2 Å². The molecule has 1 atom stereocenters. The number of nitrogens with one attached hydrogen (secondary N) is 1. The lowest BCUT2D eigenvalue weighted by molar-refractivity contribution is -0.138. The number of likely N-dealkylation sites (tertiary alicyclic amines) is 1. The SMILES string of the molecule is O=C1CCC(N2Cc3cc(N4CCC(CN5CCC(Oc6ccc(Oc7c(-c8ccc(C(F)(F)F)cc8)sc8cc(OCc9ccccc9)ccc78)cc6)CC5)CC4)ccc3C2=O)C(=O)N1. The number of hydrogen-bond donors (Lipinski definition) is 1. The van der Waals surface area contributed by atoms with Crippen molar-refractivity contribution in [3.63, 3.8) is 0 Å². The predicted octanol–water partition coefficient (Wildman–Crippen LogP) is 10.5. The van der Waals surface area contributed by atoms with Gasteiger partial charge in [0, 0.05) is 67.0 Å². The van der Waals surface area contributed by atoms with Gasteiger partial charge in [-0.3, -0.25) is 19.7 Å². The molecule has 0 aliphatic carbocycles. The minimum Gasteiger partial charge on any atom is -0.490 e. The van der Waals surface area contributed by atoms with Crippen LogP contribution in [0.3, 0.4) is 0 Å². The summed E-state index contributed by atoms with van der Waals surface area (Å²) in [5.74, 6) is 2.36. The van der Waals surface area contributed by atoms with Crippen molar-refractivity contribution in [1.29, 1.82) is 0 Å². The number of carbonyl (C=O) groups is 3. The van der Waals surface area contributed by atoms with E-state index in [1.54, 1.807) is 4.90 Å². The van der Waals surface area contributed by atoms with Crippen molar-refractivity contribution < 1.29 is 41.8 Å². The number of amides is 3. The number of piperidine rings is 3. The minimum absolute atomic E-state index is 0.0952. The van der Waals surface area contributed by atoms with Gasteiger partial charge in [0.25, 0.3) is 5.91 Å². The number of nitrogens with zero attached hydrogens (tertiary/aromatic N) is 3. The highest BCUT2D eigenvalue weighted by Gasteiger charge is 2.39. The summed E-state index contributed by atoms with van der Waals surface area (Å²) in [7, 11) is 0. The number of carbonyl (C=O) groups excluding carboxylic acids is 3. The molecule has 10 rings (SSSR count). The Hall–Kier alpha value is -6.38. The molecule has 66 heavy (non-hydrogen) atoms. The van der Waals surface area contributed by atoms with Crippen LogP contribution in [0.25, 0.3) is 20.5 Å². The topological polar surface area (TPSA) is 101 Å². The van der Waals surface area contributed by atoms with Crippen LogP contribution >= 0.6 is 11.3 Å². The van der Waals surface area contributed by atoms with Gasteiger partial charge in [0.2, 0.25) is 11.8 Å². The standard InChI is InChI=1S/C52H49F3N4O6S/c53-52(54,55)37-8-6-35(7-9-37)49-48(44-17-15-42(29-46(44)66-49)63-32-34-4-2-1-3-5-34)65-40-13-11-39(12-14-40)64-41-22-24-57(25-23-41)30-33-20-26-58(27-21-33)38-10-16-43-36(28-38)31-59(51(43)62)45-18-19-47(60)56-50(45)61/h1-17,28-29,33,41,45H,18-27,30-32H2,(H,56,60,61). The molecule has 3 fully saturated rings. The highest BCUT2D eigenvalue weighted by Crippen LogP contribution is 2.48. The van der Waals surface area contributed by atoms with E-state index in [4.69, 9.17) is 14.2 Å². The molecule has 1 N–H and O–H groups in total. The van der Waals surface area contributed by atoms with Crippen molar-refractivity contribution in [2.24, 2.45) is 5.92 Å². The predicted molar refractivity (Wildman–Crippen MR) is 247 cm³/mol. The molecule has 5 heterocycles. The Morgan fingerprint density at radius 1 is 0.742 bits per heavy atom. The fraction of sp³-hybridized carbons (Fsp3) is 0.327. The molecule has 0 spiro atoms. The number of anilines is 1. The maximum absolute atomic E-state index is 13.5. The third-order valence-electron chi connectivity index (χ3n) is 13.2. The second kappa shape index (κ2) is 18.5. The number of hydrogen-bond acceptors (Lipinski definition) is 9. The van der Waals surface area contributed by atoms with Crippen molar-refractivity contribution in [3.8, 4) is 33.4 Å². The maximum atomic E-state index is 13.5. The highest BCUT2D eigenvalue weighted by molar-refractivity contribution is 7.22. The Kier molecular flexibility index (Phi) is 12.2. The van der Waals surface area contributed by atoms with E-state index < -0.39 is 23.7 Å². The first-order valence-corrected chi connectivity index (χ1v) is 23.4. The number of alkyl halides is 3. The third kappa shape index (κ3) is 9.48. The van der Waals surface area contributed by atoms with E-state index in [0.29, 0.717) is 53.9 Å². The number of halogens is 3. The zero-order valence-corrected chi connectivity index (χ0v) is 37.0. The Morgan fingerprint density at radius 3 is 2.20 bits per heavy atom. The lowest BCUT2D eigenvalue weighted by Gasteiger charge is -2.38. The van der Waals surface area contributed by atoms with Crippen LogP contribution in [0, 0.1) is 5.92 Å². The zero-order valence-electron chi connectivity index (χ0n) is 36.2. The summed E-state index contributed by atoms with van der Waals surface area (Å²) in [6, 6.07) is 33.8. The molecule has 1 unspecified atom stereocenters. The van der Waals surface area contributed by atoms with E-state index in [0.717, 1.165) is 108 Å². The fourth-order valence-electron chi connectivity index (χ4n) is 9.59. The lowest BCUT2D eigenvalue weighted by atomic mass is 9.94. The van der Waals surface area contributed by atoms with Gasteiger partial charge in [-0.1, -0.05) is 42.5 Å². The van der Waals surface area contributed by atoms with Crippen LogP contribution in [0.4, 0.5) is 18.9 Å². The Morgan fingerprint density at radius 2 is 1.47 bits per heavy atom. The molecular weight excluding hydrogens is 866 g/mol. The molecule has 6 aromatic rings. The summed E-state index contributed by atoms with van der Waals surface area (Å²) in [6.45, 7) is 5.65. The lowest BCUT2D eigenvalue weighted by Crippen LogP contribution is -2.52. The van der Waals surface area contributed by atoms with Crippen LogP contribution in [-0.2, 0) is 28.9 Å². The molecule has 3 amide bonds. The molecule has 14 heteroatoms. The van der Waals surface area contributed by atoms with Crippen molar-refractivity contribution in [2.45, 2.75) is 70.0 Å². The van der Waals surface area contributed by atoms with Crippen molar-refractivity contribution in [3.05, 3.63) is 138 Å². The van der Waals surface area contributed by atoms with Crippen LogP contribution in [0.5, 0.6) is 23.0 Å². The second-order valence-electron chi connectivity index (χ2n) is 17.6. The van der Waals surface area contributed by atoms with Crippen molar-refractivity contribution in [1.82, 2.24) is 15.1 Å². The summed E-state index contributed by atoms with van der Waals surface area (Å²) in [6.07, 6.45) is 0.272. The van der Waals surface area contributed by atoms with E-state index >= 15 is 0 Å². The number of imide groups is 1. The number of rotatable bonds is 12. The zero-order chi connectivity index (χ0) is 45.4. The largest absolute Gasteiger partial charge is 0.490 e. The molecular formula is C52H49F3N4O6S. The van der Waals surface area contributed by atoms with Crippen molar-refractivity contribution >= 4 is 44.8 Å². The Labute approximate surface area is 384 Å². The van der Waals surface area contributed by atoms with Crippen LogP contribution < -0.4 is 24.4 Å². The molecule has 0 radical (unpaired) electrons. The average Bonchev–Trinajstić information content (AvgIpc) is 3.85. The molecule has 10 nitrogen and oxygen atoms in total. The first-order valence-electron chi connectivity index (χ1n) is 22.6. The number of ether oxygens (including phenoxy) is 3. The third-order valence-corrected chi connectivity index (χ3v) is 14.4. The molecule has 4 aliphatic heterocycles. The fourth-order valence-corrected chi connectivity index (χ4v) is 10.8. The van der Waals surface area contributed by atoms with Gasteiger partial charge in [-0.25, -0.2) is 0 Å². The van der Waals surface area contributed by atoms with Gasteiger partial charge >= 0.3 is 6.18 Å². The van der Waals surface area contributed by atoms with E-state index in [-0.39, 0.29) is 24.3 Å². The second-order valence-corrected chi connectivity index (χ2v) is 18.7. The quantitative estimate of drug-likeness (QED) is 0.121. The molecule has 4 aliphatic rings.